The molecule has 0 amide bonds. The summed E-state index contributed by atoms with van der Waals surface area (Å²) < 4.78 is 27.4. The number of nitrogens with one attached hydrogen (secondary N) is 2. The van der Waals surface area contributed by atoms with Crippen LogP contribution in [0.2, 0.25) is 0 Å². The Morgan fingerprint density at radius 3 is 2.60 bits per heavy atom. The highest BCUT2D eigenvalue weighted by Gasteiger charge is 2.17. The van der Waals surface area contributed by atoms with Crippen molar-refractivity contribution < 1.29 is 8.42 Å². The quantitative estimate of drug-likeness (QED) is 0.825. The second-order valence-electron chi connectivity index (χ2n) is 4.29. The molecular weight excluding hydrogens is 292 g/mol. The monoisotopic (exact) mass is 310 g/mol. The fourth-order valence-electron chi connectivity index (χ4n) is 1.83. The molecule has 6 heteroatoms. The Balaban J connectivity index is 2.16. The fourth-order valence-corrected chi connectivity index (χ4v) is 3.81. The van der Waals surface area contributed by atoms with Gasteiger partial charge in [-0.15, -0.1) is 11.3 Å². The van der Waals surface area contributed by atoms with Gasteiger partial charge in [-0.3, -0.25) is 0 Å². The van der Waals surface area contributed by atoms with Gasteiger partial charge in [0.15, 0.2) is 0 Å². The van der Waals surface area contributed by atoms with Crippen molar-refractivity contribution in [3.05, 3.63) is 52.2 Å². The molecule has 108 valence electrons. The molecule has 2 rings (SSSR count). The zero-order chi connectivity index (χ0) is 14.4. The van der Waals surface area contributed by atoms with E-state index in [0.717, 1.165) is 17.0 Å². The number of rotatable bonds is 7. The molecule has 0 aliphatic heterocycles. The van der Waals surface area contributed by atoms with Crippen molar-refractivity contribution in [3.63, 3.8) is 0 Å². The lowest BCUT2D eigenvalue weighted by Gasteiger charge is -2.11. The van der Waals surface area contributed by atoms with Crippen LogP contribution in [-0.4, -0.2) is 15.0 Å². The van der Waals surface area contributed by atoms with E-state index < -0.39 is 10.0 Å². The second-order valence-corrected chi connectivity index (χ2v) is 7.06. The molecule has 0 atom stereocenters. The maximum absolute atomic E-state index is 12.4. The molecule has 2 aromatic rings. The van der Waals surface area contributed by atoms with E-state index in [-0.39, 0.29) is 0 Å². The van der Waals surface area contributed by atoms with E-state index in [0.29, 0.717) is 18.0 Å². The van der Waals surface area contributed by atoms with Crippen molar-refractivity contribution in [3.8, 4) is 0 Å². The SMILES string of the molecule is CCNCc1ccccc1S(=O)(=O)NCc1cccs1. The van der Waals surface area contributed by atoms with E-state index in [4.69, 9.17) is 0 Å². The van der Waals surface area contributed by atoms with Crippen molar-refractivity contribution in [1.29, 1.82) is 0 Å². The molecule has 0 aliphatic carbocycles. The van der Waals surface area contributed by atoms with E-state index in [2.05, 4.69) is 10.0 Å². The molecule has 2 N–H and O–H groups in total. The minimum absolute atomic E-state index is 0.329. The number of sulfonamides is 1. The minimum atomic E-state index is -3.48. The van der Waals surface area contributed by atoms with E-state index in [1.165, 1.54) is 11.3 Å². The molecule has 4 nitrogen and oxygen atoms in total. The third kappa shape index (κ3) is 3.89. The van der Waals surface area contributed by atoms with Gasteiger partial charge >= 0.3 is 0 Å². The van der Waals surface area contributed by atoms with Crippen molar-refractivity contribution in [2.24, 2.45) is 0 Å². The van der Waals surface area contributed by atoms with Crippen LogP contribution in [0, 0.1) is 0 Å². The summed E-state index contributed by atoms with van der Waals surface area (Å²) in [5, 5.41) is 5.09. The Bertz CT molecular complexity index is 637. The van der Waals surface area contributed by atoms with Gasteiger partial charge in [0.05, 0.1) is 4.90 Å². The van der Waals surface area contributed by atoms with Crippen LogP contribution in [0.1, 0.15) is 17.4 Å². The Morgan fingerprint density at radius 1 is 1.10 bits per heavy atom. The molecule has 0 bridgehead atoms. The molecule has 0 aliphatic rings. The van der Waals surface area contributed by atoms with Crippen LogP contribution in [0.4, 0.5) is 0 Å². The number of hydrogen-bond donors (Lipinski definition) is 2. The highest BCUT2D eigenvalue weighted by Crippen LogP contribution is 2.16. The van der Waals surface area contributed by atoms with Gasteiger partial charge in [0, 0.05) is 18.0 Å². The summed E-state index contributed by atoms with van der Waals surface area (Å²) in [6.07, 6.45) is 0. The lowest BCUT2D eigenvalue weighted by atomic mass is 10.2. The van der Waals surface area contributed by atoms with Crippen molar-refractivity contribution >= 4 is 21.4 Å². The van der Waals surface area contributed by atoms with Crippen LogP contribution >= 0.6 is 11.3 Å². The van der Waals surface area contributed by atoms with Crippen LogP contribution in [-0.2, 0) is 23.1 Å². The molecule has 0 unspecified atom stereocenters. The molecule has 0 radical (unpaired) electrons. The molecule has 20 heavy (non-hydrogen) atoms. The number of thiophene rings is 1. The summed E-state index contributed by atoms with van der Waals surface area (Å²) in [5.74, 6) is 0. The van der Waals surface area contributed by atoms with E-state index in [1.54, 1.807) is 12.1 Å². The minimum Gasteiger partial charge on any atom is -0.313 e. The smallest absolute Gasteiger partial charge is 0.241 e. The van der Waals surface area contributed by atoms with E-state index in [1.807, 2.05) is 36.6 Å². The van der Waals surface area contributed by atoms with Crippen molar-refractivity contribution in [2.45, 2.75) is 24.9 Å². The zero-order valence-electron chi connectivity index (χ0n) is 11.3. The van der Waals surface area contributed by atoms with Gasteiger partial charge in [0.25, 0.3) is 0 Å². The summed E-state index contributed by atoms with van der Waals surface area (Å²) in [6.45, 7) is 3.67. The maximum Gasteiger partial charge on any atom is 0.241 e. The highest BCUT2D eigenvalue weighted by molar-refractivity contribution is 7.89. The Morgan fingerprint density at radius 2 is 1.90 bits per heavy atom. The van der Waals surface area contributed by atoms with Crippen molar-refractivity contribution in [2.75, 3.05) is 6.54 Å². The zero-order valence-corrected chi connectivity index (χ0v) is 12.9. The standard InChI is InChI=1S/C14H18N2O2S2/c1-2-15-10-12-6-3-4-8-14(12)20(17,18)16-11-13-7-5-9-19-13/h3-9,15-16H,2,10-11H2,1H3. The molecule has 1 aromatic heterocycles. The first-order valence-corrected chi connectivity index (χ1v) is 8.80. The molecule has 1 aromatic carbocycles. The molecule has 0 fully saturated rings. The summed E-state index contributed by atoms with van der Waals surface area (Å²) in [7, 11) is -3.48. The van der Waals surface area contributed by atoms with Gasteiger partial charge in [0.1, 0.15) is 0 Å². The fraction of sp³-hybridized carbons (Fsp3) is 0.286. The van der Waals surface area contributed by atoms with Gasteiger partial charge in [-0.05, 0) is 29.6 Å². The van der Waals surface area contributed by atoms with Gasteiger partial charge in [0.2, 0.25) is 10.0 Å². The first kappa shape index (κ1) is 15.2. The number of hydrogen-bond acceptors (Lipinski definition) is 4. The third-order valence-electron chi connectivity index (χ3n) is 2.84. The second kappa shape index (κ2) is 6.99. The lowest BCUT2D eigenvalue weighted by molar-refractivity contribution is 0.579. The first-order chi connectivity index (χ1) is 9.63. The number of benzene rings is 1. The van der Waals surface area contributed by atoms with Crippen LogP contribution in [0.5, 0.6) is 0 Å². The van der Waals surface area contributed by atoms with E-state index >= 15 is 0 Å². The molecule has 0 saturated carbocycles. The Labute approximate surface area is 123 Å². The van der Waals surface area contributed by atoms with Crippen molar-refractivity contribution in [1.82, 2.24) is 10.0 Å². The normalized spacial score (nSPS) is 11.7. The summed E-state index contributed by atoms with van der Waals surface area (Å²) in [5.41, 5.74) is 0.785. The summed E-state index contributed by atoms with van der Waals surface area (Å²) >= 11 is 1.54. The molecular formula is C14H18N2O2S2. The third-order valence-corrected chi connectivity index (χ3v) is 5.22. The van der Waals surface area contributed by atoms with Crippen LogP contribution in [0.3, 0.4) is 0 Å². The van der Waals surface area contributed by atoms with Crippen LogP contribution in [0.15, 0.2) is 46.7 Å². The predicted octanol–water partition coefficient (Wildman–Crippen LogP) is 2.34. The maximum atomic E-state index is 12.4. The Kier molecular flexibility index (Phi) is 5.31. The van der Waals surface area contributed by atoms with E-state index in [9.17, 15) is 8.42 Å². The molecule has 0 spiro atoms. The average Bonchev–Trinajstić information content (AvgIpc) is 2.97. The summed E-state index contributed by atoms with van der Waals surface area (Å²) in [6, 6.07) is 10.9. The topological polar surface area (TPSA) is 58.2 Å². The summed E-state index contributed by atoms with van der Waals surface area (Å²) in [4.78, 5) is 1.34. The van der Waals surface area contributed by atoms with Gasteiger partial charge in [-0.25, -0.2) is 13.1 Å². The van der Waals surface area contributed by atoms with Gasteiger partial charge < -0.3 is 5.32 Å². The van der Waals surface area contributed by atoms with Crippen LogP contribution in [0.25, 0.3) is 0 Å². The van der Waals surface area contributed by atoms with Gasteiger partial charge in [-0.1, -0.05) is 31.2 Å². The van der Waals surface area contributed by atoms with Gasteiger partial charge in [-0.2, -0.15) is 0 Å². The molecule has 1 heterocycles. The average molecular weight is 310 g/mol. The lowest BCUT2D eigenvalue weighted by Crippen LogP contribution is -2.25. The Hall–Kier alpha value is -1.21. The van der Waals surface area contributed by atoms with Crippen LogP contribution < -0.4 is 10.0 Å². The molecule has 0 saturated heterocycles. The first-order valence-electron chi connectivity index (χ1n) is 6.44. The highest BCUT2D eigenvalue weighted by atomic mass is 32.2. The largest absolute Gasteiger partial charge is 0.313 e. The predicted molar refractivity (Wildman–Crippen MR) is 82.2 cm³/mol.